The van der Waals surface area contributed by atoms with Crippen molar-refractivity contribution < 1.29 is 10.0 Å². The van der Waals surface area contributed by atoms with Crippen LogP contribution in [0, 0.1) is 16.0 Å². The van der Waals surface area contributed by atoms with E-state index in [-0.39, 0.29) is 17.2 Å². The van der Waals surface area contributed by atoms with Crippen molar-refractivity contribution in [1.29, 1.82) is 0 Å². The Morgan fingerprint density at radius 2 is 2.16 bits per heavy atom. The highest BCUT2D eigenvalue weighted by molar-refractivity contribution is 5.39. The molecule has 1 aromatic rings. The SMILES string of the molecule is O=[N+]([O-])c1ccccc1CCNC1CCCC1CO. The molecule has 5 nitrogen and oxygen atoms in total. The maximum atomic E-state index is 10.9. The Labute approximate surface area is 112 Å². The molecule has 2 rings (SSSR count). The fourth-order valence-corrected chi connectivity index (χ4v) is 2.82. The second-order valence-electron chi connectivity index (χ2n) is 5.07. The number of aliphatic hydroxyl groups excluding tert-OH is 1. The molecule has 0 spiro atoms. The molecule has 0 heterocycles. The summed E-state index contributed by atoms with van der Waals surface area (Å²) in [7, 11) is 0. The largest absolute Gasteiger partial charge is 0.396 e. The maximum absolute atomic E-state index is 10.9. The number of hydrogen-bond acceptors (Lipinski definition) is 4. The van der Waals surface area contributed by atoms with Crippen molar-refractivity contribution in [2.75, 3.05) is 13.2 Å². The van der Waals surface area contributed by atoms with Gasteiger partial charge in [-0.25, -0.2) is 0 Å². The van der Waals surface area contributed by atoms with Crippen molar-refractivity contribution in [2.45, 2.75) is 31.7 Å². The smallest absolute Gasteiger partial charge is 0.272 e. The average molecular weight is 264 g/mol. The normalized spacial score (nSPS) is 22.6. The molecule has 2 atom stereocenters. The Kier molecular flexibility index (Phi) is 4.87. The lowest BCUT2D eigenvalue weighted by Gasteiger charge is -2.18. The van der Waals surface area contributed by atoms with Crippen LogP contribution >= 0.6 is 0 Å². The molecule has 1 fully saturated rings. The Bertz CT molecular complexity index is 436. The lowest BCUT2D eigenvalue weighted by Crippen LogP contribution is -2.35. The number of nitro benzene ring substituents is 1. The summed E-state index contributed by atoms with van der Waals surface area (Å²) >= 11 is 0. The van der Waals surface area contributed by atoms with Crippen molar-refractivity contribution in [3.05, 3.63) is 39.9 Å². The van der Waals surface area contributed by atoms with E-state index in [4.69, 9.17) is 0 Å². The zero-order valence-corrected chi connectivity index (χ0v) is 10.9. The van der Waals surface area contributed by atoms with Crippen LogP contribution in [-0.4, -0.2) is 29.2 Å². The van der Waals surface area contributed by atoms with Gasteiger partial charge in [0.2, 0.25) is 0 Å². The van der Waals surface area contributed by atoms with E-state index in [1.807, 2.05) is 6.07 Å². The van der Waals surface area contributed by atoms with E-state index in [0.29, 0.717) is 24.9 Å². The van der Waals surface area contributed by atoms with E-state index < -0.39 is 0 Å². The van der Waals surface area contributed by atoms with Gasteiger partial charge < -0.3 is 10.4 Å². The fraction of sp³-hybridized carbons (Fsp3) is 0.571. The second-order valence-corrected chi connectivity index (χ2v) is 5.07. The standard InChI is InChI=1S/C14H20N2O3/c17-10-12-5-3-6-13(12)15-9-8-11-4-1-2-7-14(11)16(18)19/h1-2,4,7,12-13,15,17H,3,5-6,8-10H2. The number of para-hydroxylation sites is 1. The van der Waals surface area contributed by atoms with Gasteiger partial charge in [-0.05, 0) is 31.7 Å². The van der Waals surface area contributed by atoms with Gasteiger partial charge in [0, 0.05) is 24.3 Å². The van der Waals surface area contributed by atoms with Gasteiger partial charge in [0.05, 0.1) is 4.92 Å². The quantitative estimate of drug-likeness (QED) is 0.607. The Morgan fingerprint density at radius 1 is 1.37 bits per heavy atom. The number of aliphatic hydroxyl groups is 1. The summed E-state index contributed by atoms with van der Waals surface area (Å²) in [6.45, 7) is 0.940. The Balaban J connectivity index is 1.87. The summed E-state index contributed by atoms with van der Waals surface area (Å²) < 4.78 is 0. The average Bonchev–Trinajstić information content (AvgIpc) is 2.86. The maximum Gasteiger partial charge on any atom is 0.272 e. The number of nitro groups is 1. The Hall–Kier alpha value is -1.46. The van der Waals surface area contributed by atoms with Crippen molar-refractivity contribution in [1.82, 2.24) is 5.32 Å². The molecule has 19 heavy (non-hydrogen) atoms. The molecule has 1 saturated carbocycles. The summed E-state index contributed by atoms with van der Waals surface area (Å²) in [6.07, 6.45) is 3.95. The van der Waals surface area contributed by atoms with Gasteiger partial charge in [0.25, 0.3) is 5.69 Å². The monoisotopic (exact) mass is 264 g/mol. The van der Waals surface area contributed by atoms with Gasteiger partial charge in [-0.1, -0.05) is 24.6 Å². The third-order valence-corrected chi connectivity index (χ3v) is 3.88. The van der Waals surface area contributed by atoms with Crippen LogP contribution < -0.4 is 5.32 Å². The third-order valence-electron chi connectivity index (χ3n) is 3.88. The molecule has 5 heteroatoms. The topological polar surface area (TPSA) is 75.4 Å². The van der Waals surface area contributed by atoms with Crippen LogP contribution in [0.1, 0.15) is 24.8 Å². The van der Waals surface area contributed by atoms with Crippen molar-refractivity contribution in [3.8, 4) is 0 Å². The van der Waals surface area contributed by atoms with E-state index >= 15 is 0 Å². The number of nitrogens with one attached hydrogen (secondary N) is 1. The number of hydrogen-bond donors (Lipinski definition) is 2. The summed E-state index contributed by atoms with van der Waals surface area (Å²) in [6, 6.07) is 7.22. The summed E-state index contributed by atoms with van der Waals surface area (Å²) in [4.78, 5) is 10.6. The predicted octanol–water partition coefficient (Wildman–Crippen LogP) is 1.89. The van der Waals surface area contributed by atoms with Crippen LogP contribution in [0.2, 0.25) is 0 Å². The third kappa shape index (κ3) is 3.52. The molecule has 0 bridgehead atoms. The van der Waals surface area contributed by atoms with E-state index in [1.54, 1.807) is 18.2 Å². The van der Waals surface area contributed by atoms with Gasteiger partial charge in [0.15, 0.2) is 0 Å². The van der Waals surface area contributed by atoms with Crippen LogP contribution in [0.3, 0.4) is 0 Å². The molecule has 104 valence electrons. The molecule has 0 saturated heterocycles. The summed E-state index contributed by atoms with van der Waals surface area (Å²) in [5.41, 5.74) is 0.952. The van der Waals surface area contributed by atoms with E-state index in [0.717, 1.165) is 24.8 Å². The first-order chi connectivity index (χ1) is 9.22. The number of nitrogens with zero attached hydrogens (tertiary/aromatic N) is 1. The molecule has 0 radical (unpaired) electrons. The van der Waals surface area contributed by atoms with Gasteiger partial charge >= 0.3 is 0 Å². The highest BCUT2D eigenvalue weighted by atomic mass is 16.6. The van der Waals surface area contributed by atoms with E-state index in [1.165, 1.54) is 0 Å². The van der Waals surface area contributed by atoms with E-state index in [9.17, 15) is 15.2 Å². The highest BCUT2D eigenvalue weighted by Gasteiger charge is 2.25. The lowest BCUT2D eigenvalue weighted by molar-refractivity contribution is -0.385. The number of benzene rings is 1. The van der Waals surface area contributed by atoms with Gasteiger partial charge in [-0.3, -0.25) is 10.1 Å². The van der Waals surface area contributed by atoms with Crippen molar-refractivity contribution in [3.63, 3.8) is 0 Å². The Morgan fingerprint density at radius 3 is 2.89 bits per heavy atom. The fourth-order valence-electron chi connectivity index (χ4n) is 2.82. The summed E-state index contributed by atoms with van der Waals surface area (Å²) in [5.74, 6) is 0.339. The predicted molar refractivity (Wildman–Crippen MR) is 73.0 cm³/mol. The minimum atomic E-state index is -0.332. The molecular formula is C14H20N2O3. The van der Waals surface area contributed by atoms with Gasteiger partial charge in [-0.15, -0.1) is 0 Å². The molecule has 0 amide bonds. The molecule has 1 aliphatic rings. The molecule has 1 aliphatic carbocycles. The van der Waals surface area contributed by atoms with Crippen LogP contribution in [-0.2, 0) is 6.42 Å². The molecule has 1 aromatic carbocycles. The molecule has 0 aromatic heterocycles. The van der Waals surface area contributed by atoms with Gasteiger partial charge in [0.1, 0.15) is 0 Å². The van der Waals surface area contributed by atoms with Gasteiger partial charge in [-0.2, -0.15) is 0 Å². The number of rotatable bonds is 6. The zero-order chi connectivity index (χ0) is 13.7. The first-order valence-electron chi connectivity index (χ1n) is 6.79. The van der Waals surface area contributed by atoms with Crippen molar-refractivity contribution in [2.24, 2.45) is 5.92 Å². The van der Waals surface area contributed by atoms with Crippen LogP contribution in [0.5, 0.6) is 0 Å². The van der Waals surface area contributed by atoms with Crippen molar-refractivity contribution >= 4 is 5.69 Å². The van der Waals surface area contributed by atoms with Crippen LogP contribution in [0.4, 0.5) is 5.69 Å². The first-order valence-corrected chi connectivity index (χ1v) is 6.79. The minimum absolute atomic E-state index is 0.189. The molecule has 0 aliphatic heterocycles. The molecule has 2 unspecified atom stereocenters. The highest BCUT2D eigenvalue weighted by Crippen LogP contribution is 2.25. The van der Waals surface area contributed by atoms with Crippen LogP contribution in [0.15, 0.2) is 24.3 Å². The van der Waals surface area contributed by atoms with E-state index in [2.05, 4.69) is 5.32 Å². The summed E-state index contributed by atoms with van der Waals surface area (Å²) in [5, 5.41) is 23.5. The zero-order valence-electron chi connectivity index (χ0n) is 10.9. The first kappa shape index (κ1) is 14.0. The molecular weight excluding hydrogens is 244 g/mol. The van der Waals surface area contributed by atoms with Crippen LogP contribution in [0.25, 0.3) is 0 Å². The molecule has 2 N–H and O–H groups in total. The lowest BCUT2D eigenvalue weighted by atomic mass is 10.0. The minimum Gasteiger partial charge on any atom is -0.396 e. The second kappa shape index (κ2) is 6.63.